The monoisotopic (exact) mass is 289 g/mol. The first-order chi connectivity index (χ1) is 9.48. The van der Waals surface area contributed by atoms with Crippen LogP contribution in [0.4, 0.5) is 0 Å². The van der Waals surface area contributed by atoms with Gasteiger partial charge >= 0.3 is 0 Å². The highest BCUT2D eigenvalue weighted by Crippen LogP contribution is 2.42. The molecule has 0 aliphatic carbocycles. The highest BCUT2D eigenvalue weighted by molar-refractivity contribution is 7.89. The van der Waals surface area contributed by atoms with Crippen molar-refractivity contribution < 1.29 is 13.3 Å². The van der Waals surface area contributed by atoms with Crippen molar-refractivity contribution in [3.05, 3.63) is 65.2 Å². The molecule has 2 aromatic rings. The molecule has 3 rings (SSSR count). The van der Waals surface area contributed by atoms with Crippen LogP contribution in [0.3, 0.4) is 0 Å². The highest BCUT2D eigenvalue weighted by atomic mass is 32.2. The molecule has 1 unspecified atom stereocenters. The van der Waals surface area contributed by atoms with Crippen LogP contribution in [0.15, 0.2) is 53.4 Å². The Morgan fingerprint density at radius 2 is 1.70 bits per heavy atom. The van der Waals surface area contributed by atoms with Crippen molar-refractivity contribution in [2.75, 3.05) is 0 Å². The normalized spacial score (nSPS) is 21.7. The predicted molar refractivity (Wildman–Crippen MR) is 75.2 cm³/mol. The summed E-state index contributed by atoms with van der Waals surface area (Å²) >= 11 is 0. The zero-order chi connectivity index (χ0) is 14.3. The van der Waals surface area contributed by atoms with Crippen LogP contribution in [0.2, 0.25) is 0 Å². The van der Waals surface area contributed by atoms with Gasteiger partial charge in [0.05, 0.1) is 4.90 Å². The highest BCUT2D eigenvalue weighted by Gasteiger charge is 2.48. The van der Waals surface area contributed by atoms with Gasteiger partial charge in [0.25, 0.3) is 10.0 Å². The number of rotatable bonds is 3. The van der Waals surface area contributed by atoms with Gasteiger partial charge in [0, 0.05) is 5.56 Å². The number of sulfonamides is 1. The van der Waals surface area contributed by atoms with E-state index in [-0.39, 0.29) is 4.90 Å². The smallest absolute Gasteiger partial charge is 0.253 e. The Balaban J connectivity index is 1.86. The fraction of sp³-hybridized carbons (Fsp3) is 0.200. The Kier molecular flexibility index (Phi) is 3.12. The van der Waals surface area contributed by atoms with Crippen molar-refractivity contribution in [3.8, 4) is 0 Å². The van der Waals surface area contributed by atoms with E-state index in [1.54, 1.807) is 24.3 Å². The summed E-state index contributed by atoms with van der Waals surface area (Å²) in [7, 11) is -3.58. The molecule has 1 fully saturated rings. The molecule has 4 nitrogen and oxygen atoms in total. The third kappa shape index (κ3) is 2.35. The predicted octanol–water partition coefficient (Wildman–Crippen LogP) is 2.94. The van der Waals surface area contributed by atoms with Crippen LogP contribution < -0.4 is 0 Å². The van der Waals surface area contributed by atoms with E-state index in [9.17, 15) is 8.42 Å². The summed E-state index contributed by atoms with van der Waals surface area (Å²) < 4.78 is 25.8. The van der Waals surface area contributed by atoms with Gasteiger partial charge in [-0.25, -0.2) is 8.42 Å². The second-order valence-electron chi connectivity index (χ2n) is 4.95. The molecule has 2 atom stereocenters. The minimum absolute atomic E-state index is 0.248. The molecule has 1 aliphatic heterocycles. The number of hydroxylamine groups is 1. The largest absolute Gasteiger partial charge is 0.267 e. The Labute approximate surface area is 118 Å². The average Bonchev–Trinajstić information content (AvgIpc) is 3.20. The minimum atomic E-state index is -3.58. The van der Waals surface area contributed by atoms with Crippen molar-refractivity contribution in [3.63, 3.8) is 0 Å². The first-order valence-corrected chi connectivity index (χ1v) is 7.77. The maximum Gasteiger partial charge on any atom is 0.267 e. The number of hydrogen-bond donors (Lipinski definition) is 0. The molecule has 1 heterocycles. The lowest BCUT2D eigenvalue weighted by molar-refractivity contribution is 0.283. The van der Waals surface area contributed by atoms with Gasteiger partial charge in [0.2, 0.25) is 0 Å². The maximum absolute atomic E-state index is 12.4. The molecule has 0 saturated carbocycles. The van der Waals surface area contributed by atoms with E-state index >= 15 is 0 Å². The van der Waals surface area contributed by atoms with Crippen molar-refractivity contribution in [1.29, 1.82) is 0 Å². The van der Waals surface area contributed by atoms with Crippen LogP contribution in [0.5, 0.6) is 0 Å². The Morgan fingerprint density at radius 1 is 1.00 bits per heavy atom. The van der Waals surface area contributed by atoms with E-state index in [0.29, 0.717) is 0 Å². The number of aryl methyl sites for hydroxylation is 2. The number of nitrogens with zero attached hydrogens (tertiary/aromatic N) is 1. The zero-order valence-corrected chi connectivity index (χ0v) is 12.1. The molecule has 0 radical (unpaired) electrons. The fourth-order valence-electron chi connectivity index (χ4n) is 2.07. The molecule has 1 aliphatic rings. The number of benzene rings is 2. The van der Waals surface area contributed by atoms with Crippen LogP contribution >= 0.6 is 0 Å². The zero-order valence-electron chi connectivity index (χ0n) is 11.3. The Hall–Kier alpha value is -1.69. The van der Waals surface area contributed by atoms with Crippen molar-refractivity contribution in [2.45, 2.75) is 25.0 Å². The summed E-state index contributed by atoms with van der Waals surface area (Å²) in [5.41, 5.74) is 2.94. The maximum atomic E-state index is 12.4. The van der Waals surface area contributed by atoms with E-state index in [1.165, 1.54) is 0 Å². The lowest BCUT2D eigenvalue weighted by atomic mass is 10.1. The minimum Gasteiger partial charge on any atom is -0.253 e. The third-order valence-corrected chi connectivity index (χ3v) is 4.85. The molecule has 0 N–H and O–H groups in total. The van der Waals surface area contributed by atoms with Crippen LogP contribution in [0.1, 0.15) is 22.9 Å². The van der Waals surface area contributed by atoms with Crippen molar-refractivity contribution in [1.82, 2.24) is 4.47 Å². The van der Waals surface area contributed by atoms with Crippen molar-refractivity contribution >= 4 is 10.0 Å². The first-order valence-electron chi connectivity index (χ1n) is 6.33. The fourth-order valence-corrected chi connectivity index (χ4v) is 3.33. The van der Waals surface area contributed by atoms with Gasteiger partial charge < -0.3 is 0 Å². The van der Waals surface area contributed by atoms with Gasteiger partial charge in [-0.3, -0.25) is 4.84 Å². The first kappa shape index (κ1) is 13.3. The number of hydrogen-bond acceptors (Lipinski definition) is 3. The van der Waals surface area contributed by atoms with E-state index in [4.69, 9.17) is 4.84 Å². The summed E-state index contributed by atoms with van der Waals surface area (Å²) in [4.78, 5) is 5.50. The summed E-state index contributed by atoms with van der Waals surface area (Å²) in [6, 6.07) is 14.4. The molecule has 0 bridgehead atoms. The van der Waals surface area contributed by atoms with Gasteiger partial charge in [-0.2, -0.15) is 0 Å². The molecule has 104 valence electrons. The molecular weight excluding hydrogens is 274 g/mol. The SMILES string of the molecule is Cc1ccc(S(=O)(=O)N2O[C@@H]2c2cccc(C)c2)cc1. The van der Waals surface area contributed by atoms with E-state index in [0.717, 1.165) is 21.2 Å². The van der Waals surface area contributed by atoms with Gasteiger partial charge in [0.1, 0.15) is 0 Å². The summed E-state index contributed by atoms with van der Waals surface area (Å²) in [5.74, 6) is 0. The van der Waals surface area contributed by atoms with E-state index < -0.39 is 16.3 Å². The lowest BCUT2D eigenvalue weighted by Gasteiger charge is -2.03. The quantitative estimate of drug-likeness (QED) is 0.816. The molecule has 2 aromatic carbocycles. The Bertz CT molecular complexity index is 738. The third-order valence-electron chi connectivity index (χ3n) is 3.23. The molecule has 5 heteroatoms. The van der Waals surface area contributed by atoms with Gasteiger partial charge in [-0.05, 0) is 30.4 Å². The van der Waals surface area contributed by atoms with Gasteiger partial charge in [-0.15, -0.1) is 0 Å². The van der Waals surface area contributed by atoms with Crippen LogP contribution in [-0.2, 0) is 14.9 Å². The van der Waals surface area contributed by atoms with Crippen molar-refractivity contribution in [2.24, 2.45) is 0 Å². The molecule has 20 heavy (non-hydrogen) atoms. The second-order valence-corrected chi connectivity index (χ2v) is 6.73. The standard InChI is InChI=1S/C15H15NO3S/c1-11-6-8-14(9-7-11)20(17,18)16-15(19-16)13-5-3-4-12(2)10-13/h3-10,15H,1-2H3/t15-,16?/m1/s1. The van der Waals surface area contributed by atoms with Crippen LogP contribution in [-0.4, -0.2) is 12.9 Å². The molecule has 0 spiro atoms. The molecular formula is C15H15NO3S. The average molecular weight is 289 g/mol. The van der Waals surface area contributed by atoms with E-state index in [2.05, 4.69) is 0 Å². The summed E-state index contributed by atoms with van der Waals surface area (Å²) in [6.45, 7) is 3.88. The molecule has 1 saturated heterocycles. The Morgan fingerprint density at radius 3 is 2.35 bits per heavy atom. The summed E-state index contributed by atoms with van der Waals surface area (Å²) in [6.07, 6.45) is -0.513. The van der Waals surface area contributed by atoms with Crippen LogP contribution in [0.25, 0.3) is 0 Å². The molecule has 0 amide bonds. The topological polar surface area (TPSA) is 49.7 Å². The summed E-state index contributed by atoms with van der Waals surface area (Å²) in [5, 5.41) is 0. The second kappa shape index (κ2) is 4.70. The van der Waals surface area contributed by atoms with E-state index in [1.807, 2.05) is 38.1 Å². The van der Waals surface area contributed by atoms with Crippen LogP contribution in [0, 0.1) is 13.8 Å². The van der Waals surface area contributed by atoms with Gasteiger partial charge in [-0.1, -0.05) is 47.5 Å². The van der Waals surface area contributed by atoms with Gasteiger partial charge in [0.15, 0.2) is 6.23 Å². The molecule has 0 aromatic heterocycles. The lowest BCUT2D eigenvalue weighted by Crippen LogP contribution is -2.12.